The van der Waals surface area contributed by atoms with Crippen LogP contribution < -0.4 is 0 Å². The molecule has 0 saturated heterocycles. The van der Waals surface area contributed by atoms with E-state index < -0.39 is 0 Å². The van der Waals surface area contributed by atoms with Gasteiger partial charge in [0, 0.05) is 51.0 Å². The Bertz CT molecular complexity index is 943. The first-order valence-electron chi connectivity index (χ1n) is 10.1. The van der Waals surface area contributed by atoms with Gasteiger partial charge in [0.2, 0.25) is 0 Å². The van der Waals surface area contributed by atoms with Crippen molar-refractivity contribution in [2.75, 3.05) is 26.2 Å². The fraction of sp³-hybridized carbons (Fsp3) is 0.261. The van der Waals surface area contributed by atoms with Gasteiger partial charge in [0.05, 0.1) is 22.8 Å². The number of nitrogens with zero attached hydrogens (tertiary/aromatic N) is 9. The first-order chi connectivity index (χ1) is 17.1. The van der Waals surface area contributed by atoms with Gasteiger partial charge in [-0.15, -0.1) is 0 Å². The normalized spacial score (nSPS) is 12.0. The average molecular weight is 683 g/mol. The van der Waals surface area contributed by atoms with E-state index in [-0.39, 0.29) is 38.2 Å². The molecule has 1 aliphatic heterocycles. The van der Waals surface area contributed by atoms with E-state index >= 15 is 0 Å². The third-order valence-electron chi connectivity index (χ3n) is 3.63. The van der Waals surface area contributed by atoms with Crippen molar-refractivity contribution in [1.82, 2.24) is 9.97 Å². The molecule has 187 valence electrons. The van der Waals surface area contributed by atoms with Gasteiger partial charge in [-0.3, -0.25) is 20.0 Å². The molecule has 9 nitrogen and oxygen atoms in total. The van der Waals surface area contributed by atoms with E-state index in [9.17, 15) is 0 Å². The first kappa shape index (κ1) is 35.8. The molecule has 0 saturated carbocycles. The summed E-state index contributed by atoms with van der Waals surface area (Å²) in [6.45, 7) is 2.88. The molecule has 0 aliphatic carbocycles. The molecule has 0 aromatic carbocycles. The molecular formula is C23H22DyN9S3. The average Bonchev–Trinajstić information content (AvgIpc) is 2.84. The second-order valence-corrected chi connectivity index (χ2v) is 6.64. The maximum Gasteiger partial charge on any atom is 3.00 e. The molecule has 4 bridgehead atoms. The molecule has 36 heavy (non-hydrogen) atoms. The Morgan fingerprint density at radius 3 is 0.972 bits per heavy atom. The molecule has 3 heterocycles. The SMILES string of the molecule is C1=NCCCN=Cc2cccc(n2)C=NCCCN=Cc2cccc1n2.[Dy+3].[N-]=C=S.[N-]=C=S.[N-]=C=S. The van der Waals surface area contributed by atoms with E-state index in [1.807, 2.05) is 36.4 Å². The van der Waals surface area contributed by atoms with E-state index in [0.29, 0.717) is 0 Å². The van der Waals surface area contributed by atoms with Crippen LogP contribution in [-0.4, -0.2) is 76.5 Å². The first-order valence-corrected chi connectivity index (χ1v) is 11.3. The maximum atomic E-state index is 7.13. The molecule has 2 aromatic rings. The van der Waals surface area contributed by atoms with Gasteiger partial charge in [0.1, 0.15) is 0 Å². The van der Waals surface area contributed by atoms with Gasteiger partial charge in [-0.05, 0) is 37.1 Å². The number of thiocarbonyl (C=S) groups is 3. The van der Waals surface area contributed by atoms with Crippen LogP contribution in [0.15, 0.2) is 56.4 Å². The van der Waals surface area contributed by atoms with E-state index in [0.717, 1.165) is 61.8 Å². The van der Waals surface area contributed by atoms with Gasteiger partial charge in [0.15, 0.2) is 0 Å². The molecule has 0 atom stereocenters. The predicted molar refractivity (Wildman–Crippen MR) is 155 cm³/mol. The zero-order valence-corrected chi connectivity index (χ0v) is 23.6. The number of pyridine rings is 2. The van der Waals surface area contributed by atoms with Crippen LogP contribution in [0.1, 0.15) is 35.6 Å². The Balaban J connectivity index is 0. The van der Waals surface area contributed by atoms with Crippen LogP contribution in [0.25, 0.3) is 16.2 Å². The van der Waals surface area contributed by atoms with Crippen molar-refractivity contribution >= 4 is 77.0 Å². The third-order valence-corrected chi connectivity index (χ3v) is 3.63. The Kier molecular flexibility index (Phi) is 27.1. The van der Waals surface area contributed by atoms with Gasteiger partial charge in [-0.2, -0.15) is 15.5 Å². The zero-order chi connectivity index (χ0) is 26.0. The van der Waals surface area contributed by atoms with Gasteiger partial charge in [-0.25, -0.2) is 9.97 Å². The van der Waals surface area contributed by atoms with Gasteiger partial charge >= 0.3 is 38.2 Å². The second-order valence-electron chi connectivity index (χ2n) is 6.10. The quantitative estimate of drug-likeness (QED) is 0.294. The van der Waals surface area contributed by atoms with Crippen molar-refractivity contribution < 1.29 is 38.2 Å². The molecule has 2 aromatic heterocycles. The smallest absolute Gasteiger partial charge is 0.753 e. The molecule has 0 unspecified atom stereocenters. The molecule has 13 heteroatoms. The van der Waals surface area contributed by atoms with Crippen molar-refractivity contribution in [3.63, 3.8) is 0 Å². The van der Waals surface area contributed by atoms with Crippen LogP contribution >= 0.6 is 36.7 Å². The monoisotopic (exact) mass is 684 g/mol. The molecule has 0 amide bonds. The van der Waals surface area contributed by atoms with Crippen LogP contribution in [0.3, 0.4) is 0 Å². The number of aliphatic imine (C=N–C) groups is 4. The Morgan fingerprint density at radius 2 is 0.750 bits per heavy atom. The summed E-state index contributed by atoms with van der Waals surface area (Å²) in [6, 6.07) is 11.7. The third kappa shape index (κ3) is 21.0. The molecular weight excluding hydrogens is 661 g/mol. The van der Waals surface area contributed by atoms with Gasteiger partial charge < -0.3 is 16.2 Å². The largest absolute Gasteiger partial charge is 3.00 e. The molecule has 0 fully saturated rings. The Morgan fingerprint density at radius 1 is 0.528 bits per heavy atom. The minimum atomic E-state index is 0. The topological polar surface area (TPSA) is 142 Å². The van der Waals surface area contributed by atoms with Crippen molar-refractivity contribution in [2.24, 2.45) is 20.0 Å². The number of aromatic nitrogens is 2. The molecule has 1 aliphatic rings. The molecule has 0 spiro atoms. The molecule has 3 rings (SSSR count). The van der Waals surface area contributed by atoms with Crippen LogP contribution in [0.4, 0.5) is 0 Å². The summed E-state index contributed by atoms with van der Waals surface area (Å²) in [5.74, 6) is 0. The number of rotatable bonds is 0. The van der Waals surface area contributed by atoms with Crippen molar-refractivity contribution in [2.45, 2.75) is 12.8 Å². The van der Waals surface area contributed by atoms with Crippen molar-refractivity contribution in [1.29, 1.82) is 0 Å². The second kappa shape index (κ2) is 27.2. The van der Waals surface area contributed by atoms with Gasteiger partial charge in [0.25, 0.3) is 0 Å². The van der Waals surface area contributed by atoms with Crippen molar-refractivity contribution in [3.8, 4) is 0 Å². The van der Waals surface area contributed by atoms with Crippen molar-refractivity contribution in [3.05, 3.63) is 75.4 Å². The summed E-state index contributed by atoms with van der Waals surface area (Å²) >= 11 is 11.1. The van der Waals surface area contributed by atoms with Gasteiger partial charge in [-0.1, -0.05) is 48.8 Å². The van der Waals surface area contributed by atoms with Crippen LogP contribution in [-0.2, 0) is 0 Å². The zero-order valence-electron chi connectivity index (χ0n) is 19.1. The summed E-state index contributed by atoms with van der Waals surface area (Å²) in [6.07, 6.45) is 8.99. The van der Waals surface area contributed by atoms with E-state index in [1.165, 1.54) is 15.5 Å². The summed E-state index contributed by atoms with van der Waals surface area (Å²) in [5, 5.41) is 25.4. The summed E-state index contributed by atoms with van der Waals surface area (Å²) < 4.78 is 0. The summed E-state index contributed by atoms with van der Waals surface area (Å²) in [4.78, 5) is 26.7. The standard InChI is InChI=1S/C20H22N6.3CNS.Dy/c1-5-17-13-21-9-3-11-23-15-19-7-2-8-20(26-19)16-24-12-4-10-22-14-18(6-1)25-17;3*2-1-3;/h1-2,5-8,13-16H,3-4,9-12H2;;;;/q;3*-1;+3. The summed E-state index contributed by atoms with van der Waals surface area (Å²) in [5.41, 5.74) is 3.38. The van der Waals surface area contributed by atoms with E-state index in [1.54, 1.807) is 24.9 Å². The predicted octanol–water partition coefficient (Wildman–Crippen LogP) is 4.62. The van der Waals surface area contributed by atoms with E-state index in [4.69, 9.17) is 16.2 Å². The molecule has 1 radical (unpaired) electrons. The number of isothiocyanates is 3. The van der Waals surface area contributed by atoms with Crippen LogP contribution in [0.5, 0.6) is 0 Å². The van der Waals surface area contributed by atoms with Crippen LogP contribution in [0, 0.1) is 38.2 Å². The molecule has 0 N–H and O–H groups in total. The fourth-order valence-electron chi connectivity index (χ4n) is 2.36. The van der Waals surface area contributed by atoms with Crippen LogP contribution in [0.2, 0.25) is 0 Å². The van der Waals surface area contributed by atoms with E-state index in [2.05, 4.69) is 66.6 Å². The minimum Gasteiger partial charge on any atom is -0.753 e. The number of hydrogen-bond donors (Lipinski definition) is 0. The maximum absolute atomic E-state index is 7.13. The number of hydrogen-bond acceptors (Lipinski definition) is 9. The minimum absolute atomic E-state index is 0. The Hall–Kier alpha value is -2.35. The number of fused-ring (bicyclic) bond motifs is 4. The Labute approximate surface area is 257 Å². The summed E-state index contributed by atoms with van der Waals surface area (Å²) in [7, 11) is 0. The fourth-order valence-corrected chi connectivity index (χ4v) is 2.36.